The molecule has 7 heteroatoms. The van der Waals surface area contributed by atoms with Crippen LogP contribution in [0.4, 0.5) is 10.1 Å². The van der Waals surface area contributed by atoms with Gasteiger partial charge in [-0.1, -0.05) is 6.07 Å². The molecule has 2 saturated heterocycles. The smallest absolute Gasteiger partial charge is 0.253 e. The molecule has 2 aromatic carbocycles. The first-order chi connectivity index (χ1) is 14.5. The van der Waals surface area contributed by atoms with Crippen LogP contribution in [0.2, 0.25) is 0 Å². The first-order valence-corrected chi connectivity index (χ1v) is 10.4. The number of phenolic OH excluding ortho intramolecular Hbond substituents is 1. The Kier molecular flexibility index (Phi) is 5.88. The van der Waals surface area contributed by atoms with Crippen molar-refractivity contribution >= 4 is 17.5 Å². The lowest BCUT2D eigenvalue weighted by Crippen LogP contribution is -2.53. The molecule has 1 atom stereocenters. The summed E-state index contributed by atoms with van der Waals surface area (Å²) in [5.74, 6) is -0.388. The number of hydrogen-bond donors (Lipinski definition) is 1. The molecular formula is C23H26FN3O3. The van der Waals surface area contributed by atoms with Crippen LogP contribution in [0.15, 0.2) is 48.5 Å². The Morgan fingerprint density at radius 2 is 1.67 bits per heavy atom. The van der Waals surface area contributed by atoms with Crippen LogP contribution < -0.4 is 4.90 Å². The molecule has 0 spiro atoms. The first-order valence-electron chi connectivity index (χ1n) is 10.4. The molecule has 2 aromatic rings. The molecule has 0 aromatic heterocycles. The summed E-state index contributed by atoms with van der Waals surface area (Å²) in [6.07, 6.45) is 1.56. The van der Waals surface area contributed by atoms with E-state index in [4.69, 9.17) is 0 Å². The van der Waals surface area contributed by atoms with Gasteiger partial charge in [0.2, 0.25) is 5.91 Å². The molecule has 0 radical (unpaired) electrons. The summed E-state index contributed by atoms with van der Waals surface area (Å²) in [6.45, 7) is 3.68. The number of amides is 2. The van der Waals surface area contributed by atoms with Crippen LogP contribution in [-0.4, -0.2) is 66.0 Å². The van der Waals surface area contributed by atoms with Gasteiger partial charge in [-0.3, -0.25) is 9.59 Å². The van der Waals surface area contributed by atoms with Crippen molar-refractivity contribution in [3.05, 3.63) is 59.9 Å². The monoisotopic (exact) mass is 411 g/mol. The second-order valence-electron chi connectivity index (χ2n) is 7.93. The molecule has 0 aliphatic carbocycles. The summed E-state index contributed by atoms with van der Waals surface area (Å²) in [7, 11) is 0. The van der Waals surface area contributed by atoms with E-state index in [1.165, 1.54) is 24.3 Å². The van der Waals surface area contributed by atoms with Crippen LogP contribution in [-0.2, 0) is 4.79 Å². The molecule has 1 unspecified atom stereocenters. The highest BCUT2D eigenvalue weighted by Crippen LogP contribution is 2.24. The fourth-order valence-corrected chi connectivity index (χ4v) is 4.27. The van der Waals surface area contributed by atoms with Crippen LogP contribution in [0.25, 0.3) is 0 Å². The largest absolute Gasteiger partial charge is 0.508 e. The third-order valence-electron chi connectivity index (χ3n) is 5.94. The van der Waals surface area contributed by atoms with Crippen molar-refractivity contribution in [1.82, 2.24) is 9.80 Å². The maximum atomic E-state index is 13.1. The molecule has 2 aliphatic rings. The zero-order valence-electron chi connectivity index (χ0n) is 16.8. The molecule has 0 saturated carbocycles. The number of likely N-dealkylation sites (tertiary alicyclic amines) is 1. The molecule has 6 nitrogen and oxygen atoms in total. The van der Waals surface area contributed by atoms with Crippen molar-refractivity contribution in [1.29, 1.82) is 0 Å². The van der Waals surface area contributed by atoms with Gasteiger partial charge in [-0.05, 0) is 49.2 Å². The molecule has 0 bridgehead atoms. The van der Waals surface area contributed by atoms with Crippen molar-refractivity contribution in [2.45, 2.75) is 12.8 Å². The molecule has 1 N–H and O–H groups in total. The minimum atomic E-state index is -0.372. The standard InChI is InChI=1S/C23H26FN3O3/c24-19-8-6-17(7-9-19)22(29)27-10-2-3-18(16-27)23(30)26-13-11-25(12-14-26)20-4-1-5-21(28)15-20/h1,4-9,15,18,28H,2-3,10-14,16H2. The number of hydrogen-bond acceptors (Lipinski definition) is 4. The number of aromatic hydroxyl groups is 1. The van der Waals surface area contributed by atoms with E-state index in [-0.39, 0.29) is 29.3 Å². The van der Waals surface area contributed by atoms with E-state index >= 15 is 0 Å². The SMILES string of the molecule is O=C(c1ccc(F)cc1)N1CCCC(C(=O)N2CCN(c3cccc(O)c3)CC2)C1. The van der Waals surface area contributed by atoms with Crippen LogP contribution in [0.3, 0.4) is 0 Å². The summed E-state index contributed by atoms with van der Waals surface area (Å²) >= 11 is 0. The Hall–Kier alpha value is -3.09. The lowest BCUT2D eigenvalue weighted by atomic mass is 9.95. The second-order valence-corrected chi connectivity index (χ2v) is 7.93. The fraction of sp³-hybridized carbons (Fsp3) is 0.391. The Bertz CT molecular complexity index is 910. The number of rotatable bonds is 3. The number of phenols is 1. The number of halogens is 1. The van der Waals surface area contributed by atoms with Gasteiger partial charge in [0.15, 0.2) is 0 Å². The molecule has 2 fully saturated rings. The zero-order valence-corrected chi connectivity index (χ0v) is 16.8. The number of carbonyl (C=O) groups excluding carboxylic acids is 2. The molecule has 30 heavy (non-hydrogen) atoms. The number of piperazine rings is 1. The predicted octanol–water partition coefficient (Wildman–Crippen LogP) is 2.73. The van der Waals surface area contributed by atoms with E-state index in [1.54, 1.807) is 17.0 Å². The van der Waals surface area contributed by atoms with Crippen LogP contribution in [0, 0.1) is 11.7 Å². The van der Waals surface area contributed by atoms with Gasteiger partial charge in [-0.2, -0.15) is 0 Å². The normalized spacial score (nSPS) is 19.6. The average Bonchev–Trinajstić information content (AvgIpc) is 2.79. The minimum Gasteiger partial charge on any atom is -0.508 e. The van der Waals surface area contributed by atoms with Crippen molar-refractivity contribution in [3.8, 4) is 5.75 Å². The van der Waals surface area contributed by atoms with Gasteiger partial charge in [0.1, 0.15) is 11.6 Å². The topological polar surface area (TPSA) is 64.1 Å². The summed E-state index contributed by atoms with van der Waals surface area (Å²) in [6, 6.07) is 12.7. The Morgan fingerprint density at radius 3 is 2.37 bits per heavy atom. The predicted molar refractivity (Wildman–Crippen MR) is 112 cm³/mol. The highest BCUT2D eigenvalue weighted by molar-refractivity contribution is 5.94. The van der Waals surface area contributed by atoms with Crippen LogP contribution >= 0.6 is 0 Å². The zero-order chi connectivity index (χ0) is 21.1. The van der Waals surface area contributed by atoms with E-state index in [0.717, 1.165) is 18.5 Å². The van der Waals surface area contributed by atoms with E-state index in [1.807, 2.05) is 17.0 Å². The highest BCUT2D eigenvalue weighted by atomic mass is 19.1. The highest BCUT2D eigenvalue weighted by Gasteiger charge is 2.33. The second kappa shape index (κ2) is 8.73. The molecule has 2 heterocycles. The van der Waals surface area contributed by atoms with Gasteiger partial charge in [0.05, 0.1) is 5.92 Å². The quantitative estimate of drug-likeness (QED) is 0.844. The first kappa shape index (κ1) is 20.2. The van der Waals surface area contributed by atoms with Gasteiger partial charge in [-0.25, -0.2) is 4.39 Å². The number of piperidine rings is 1. The Balaban J connectivity index is 1.34. The van der Waals surface area contributed by atoms with Crippen molar-refractivity contribution in [2.75, 3.05) is 44.2 Å². The maximum Gasteiger partial charge on any atom is 0.253 e. The van der Waals surface area contributed by atoms with Gasteiger partial charge in [0.25, 0.3) is 5.91 Å². The Morgan fingerprint density at radius 1 is 0.933 bits per heavy atom. The number of anilines is 1. The van der Waals surface area contributed by atoms with E-state index < -0.39 is 0 Å². The van der Waals surface area contributed by atoms with Crippen LogP contribution in [0.1, 0.15) is 23.2 Å². The summed E-state index contributed by atoms with van der Waals surface area (Å²) < 4.78 is 13.1. The number of carbonyl (C=O) groups is 2. The van der Waals surface area contributed by atoms with Crippen LogP contribution in [0.5, 0.6) is 5.75 Å². The lowest BCUT2D eigenvalue weighted by Gasteiger charge is -2.39. The van der Waals surface area contributed by atoms with Gasteiger partial charge in [-0.15, -0.1) is 0 Å². The lowest BCUT2D eigenvalue weighted by molar-refractivity contribution is -0.137. The third-order valence-corrected chi connectivity index (χ3v) is 5.94. The van der Waals surface area contributed by atoms with Gasteiger partial charge < -0.3 is 19.8 Å². The number of benzene rings is 2. The molecule has 158 valence electrons. The summed E-state index contributed by atoms with van der Waals surface area (Å²) in [5, 5.41) is 9.68. The van der Waals surface area contributed by atoms with Gasteiger partial charge >= 0.3 is 0 Å². The molecule has 2 amide bonds. The maximum absolute atomic E-state index is 13.1. The summed E-state index contributed by atoms with van der Waals surface area (Å²) in [4.78, 5) is 31.6. The van der Waals surface area contributed by atoms with E-state index in [9.17, 15) is 19.1 Å². The van der Waals surface area contributed by atoms with Gasteiger partial charge in [0, 0.05) is 56.6 Å². The Labute approximate surface area is 175 Å². The van der Waals surface area contributed by atoms with Crippen molar-refractivity contribution in [3.63, 3.8) is 0 Å². The minimum absolute atomic E-state index is 0.0992. The third kappa shape index (κ3) is 4.40. The molecule has 4 rings (SSSR count). The average molecular weight is 411 g/mol. The summed E-state index contributed by atoms with van der Waals surface area (Å²) in [5.41, 5.74) is 1.40. The molecular weight excluding hydrogens is 385 g/mol. The molecule has 2 aliphatic heterocycles. The van der Waals surface area contributed by atoms with Crippen molar-refractivity contribution < 1.29 is 19.1 Å². The van der Waals surface area contributed by atoms with E-state index in [2.05, 4.69) is 4.90 Å². The van der Waals surface area contributed by atoms with Crippen molar-refractivity contribution in [2.24, 2.45) is 5.92 Å². The van der Waals surface area contributed by atoms with E-state index in [0.29, 0.717) is 44.8 Å². The fourth-order valence-electron chi connectivity index (χ4n) is 4.27. The number of nitrogens with zero attached hydrogens (tertiary/aromatic N) is 3.